The summed E-state index contributed by atoms with van der Waals surface area (Å²) in [6, 6.07) is 0. The van der Waals surface area contributed by atoms with E-state index in [4.69, 9.17) is 112 Å². The zero-order chi connectivity index (χ0) is 106. The van der Waals surface area contributed by atoms with E-state index in [1.54, 1.807) is 97.8 Å². The molecule has 9 N–H and O–H groups in total. The second-order valence-electron chi connectivity index (χ2n) is 43.3. The van der Waals surface area contributed by atoms with Gasteiger partial charge in [-0.3, -0.25) is 44.3 Å². The van der Waals surface area contributed by atoms with Gasteiger partial charge in [-0.15, -0.1) is 35.6 Å². The Labute approximate surface area is 919 Å². The first-order chi connectivity index (χ1) is 63.7. The number of nitrogens with one attached hydrogen (secondary N) is 4. The Morgan fingerprint density at radius 3 is 0.952 bits per heavy atom. The largest absolute Gasteiger partial charge is 1.00 e. The fraction of sp³-hybridized carbons (Fsp3) is 0.883. The zero-order valence-corrected chi connectivity index (χ0v) is 93.3. The van der Waals surface area contributed by atoms with E-state index in [0.717, 1.165) is 106 Å². The van der Waals surface area contributed by atoms with E-state index in [1.807, 2.05) is 62.3 Å². The SMILES string of the molecule is C.C.C.C.C.C1CCOC1.C1CCOC1.CC(C)(C)OC(=O)N1CC(=O)C1.CC(C)(C)OC(=O)N1CC(O)(CN)C1.CC(C)(C)OC(=O)N1CC(O)(CNC(=O)CCl)C1.CC(C)(C)OC(=O)N1CC(O)(C[N+](=O)[O-])C1.CC(C)(C)OC(=O)N1CC2(CNC(=O)CO2)C1.CC(C)(C)OC(=O)N1CC2(CNCCO2)C1.CN1CCOC2(C1)CN(C(=O)OC(C)(C)C)C2.CN1CCOC2(CNC2)C1.C[N+](=O)[O-].Cl.O=C(Cl)CCl.[B].[H-].[Na+]. The Morgan fingerprint density at radius 1 is 0.435 bits per heavy atom. The molecule has 0 atom stereocenters. The predicted octanol–water partition coefficient (Wildman–Crippen LogP) is 5.06. The van der Waals surface area contributed by atoms with Crippen LogP contribution in [0, 0.1) is 20.2 Å². The Bertz CT molecular complexity index is 3900. The summed E-state index contributed by atoms with van der Waals surface area (Å²) in [5, 5.41) is 59.4. The van der Waals surface area contributed by atoms with E-state index in [2.05, 4.69) is 45.2 Å². The molecule has 14 fully saturated rings. The maximum Gasteiger partial charge on any atom is 1.00 e. The number of nitro groups is 2. The first-order valence-electron chi connectivity index (χ1n) is 46.5. The number of halogens is 4. The van der Waals surface area contributed by atoms with Gasteiger partial charge in [0.15, 0.2) is 18.4 Å². The molecule has 14 aliphatic heterocycles. The molecule has 0 aromatic heterocycles. The number of hydrogen-bond donors (Lipinski definition) is 8. The van der Waals surface area contributed by atoms with Crippen molar-refractivity contribution in [2.24, 2.45) is 5.73 Å². The van der Waals surface area contributed by atoms with Gasteiger partial charge in [-0.2, -0.15) is 0 Å². The van der Waals surface area contributed by atoms with Crippen LogP contribution in [0.15, 0.2) is 0 Å². The standard InChI is InChI=1S/C12H22N2O3.C11H19ClN2O4.C11H18N2O4.C11H20N2O3.C9H16N2O5.C9H18N2O3.C8H13NO3.C7H14N2O.2C4H8O.C2H2Cl2O.CH3NO2.5CH4.B.ClH.Na.H/c1-11(2,3)17-10(15)14-8-12(9-14)7-13(4)5-6-16-12;1-10(2,3)18-9(16)14-6-11(17,7-14)5-13-8(15)4-12;1-10(2,3)17-9(15)13-6-11(7-13)5-12-8(14)4-16-11;1-10(2,3)16-9(14)13-7-11(8-13)6-12-4-5-15-11;1-8(2,3)16-7(12)10-4-9(13,5-10)6-11(14)15;1-8(2,3)14-7(12)11-5-9(13,4-10)6-11;1-8(2,3)12-7(11)9-4-6(10)5-9;1-9-2-3-10-7(6-9)4-8-5-7;2*1-2-4-5-3-1;3-1-2(4)5;1-2(3)4;;;;;;;;;/h5-9H2,1-4H3;17H,4-7H2,1-3H3,(H,13,15);4-7H2,1-3H3,(H,12,14);12H,4-8H2,1-3H3;13H,4-6H2,1-3H3;13H,4-6,10H2,1-3H3;4-5H2,1-3H3;8H,2-6H2,1H3;2*1-4H2;1H2;1H3;5*1H4;;1H;;/q;;;;;;;;;;;;;;;;;;;+1;-1. The van der Waals surface area contributed by atoms with Gasteiger partial charge in [0.1, 0.15) is 85.3 Å². The van der Waals surface area contributed by atoms with Gasteiger partial charge in [0.05, 0.1) is 124 Å². The maximum absolute atomic E-state index is 11.8. The molecule has 0 saturated carbocycles. The second-order valence-corrected chi connectivity index (χ2v) is 44.3. The average Bonchev–Trinajstić information content (AvgIpc) is 1.20. The summed E-state index contributed by atoms with van der Waals surface area (Å²) in [6.45, 7) is 57.2. The molecule has 14 saturated heterocycles. The molecule has 147 heavy (non-hydrogen) atoms. The van der Waals surface area contributed by atoms with Crippen molar-refractivity contribution >= 4 is 121 Å². The molecule has 47 nitrogen and oxygen atoms in total. The number of nitrogens with two attached hydrogens (primary N) is 1. The molecular weight excluding hydrogens is 2020 g/mol. The number of β-amino-alcohol motifs (C(OH)–C–C–N with tert-alkyl or cyclic N) is 3. The van der Waals surface area contributed by atoms with Crippen molar-refractivity contribution in [3.8, 4) is 0 Å². The minimum atomic E-state index is -1.40. The third-order valence-corrected chi connectivity index (χ3v) is 21.2. The minimum Gasteiger partial charge on any atom is -1.00 e. The maximum atomic E-state index is 11.8. The number of nitrogens with zero attached hydrogens (tertiary/aromatic N) is 11. The van der Waals surface area contributed by atoms with Crippen molar-refractivity contribution in [1.29, 1.82) is 0 Å². The topological polar surface area (TPSA) is 558 Å². The smallest absolute Gasteiger partial charge is 1.00 e. The number of alkyl halides is 2. The van der Waals surface area contributed by atoms with Gasteiger partial charge in [-0.25, -0.2) is 33.6 Å². The van der Waals surface area contributed by atoms with E-state index in [0.29, 0.717) is 45.8 Å². The van der Waals surface area contributed by atoms with Crippen LogP contribution in [0.4, 0.5) is 33.6 Å². The number of carbonyl (C=O) groups is 11. The number of aliphatic hydroxyl groups is 3. The van der Waals surface area contributed by atoms with Crippen LogP contribution >= 0.6 is 47.2 Å². The monoisotopic (exact) mass is 2210 g/mol. The number of likely N-dealkylation sites (N-methyl/N-ethyl adjacent to an activating group) is 2. The van der Waals surface area contributed by atoms with Crippen LogP contribution < -0.4 is 56.6 Å². The molecule has 0 unspecified atom stereocenters. The van der Waals surface area contributed by atoms with Gasteiger partial charge in [-0.05, 0) is 197 Å². The van der Waals surface area contributed by atoms with Crippen LogP contribution in [-0.4, -0.2) is 478 Å². The summed E-state index contributed by atoms with van der Waals surface area (Å²) in [7, 11) is 5.13. The molecule has 53 heteroatoms. The van der Waals surface area contributed by atoms with Crippen LogP contribution in [0.3, 0.4) is 0 Å². The number of likely N-dealkylation sites (tertiary alicyclic amines) is 7. The number of amides is 9. The van der Waals surface area contributed by atoms with Gasteiger partial charge >= 0.3 is 72.2 Å². The van der Waals surface area contributed by atoms with Crippen LogP contribution in [0.1, 0.15) is 210 Å². The Balaban J connectivity index is -0.000000297. The number of ketones is 1. The number of carbonyl (C=O) groups excluding carboxylic acids is 11. The number of rotatable bonds is 7. The number of morpholine rings is 4. The van der Waals surface area contributed by atoms with E-state index < -0.39 is 108 Å². The summed E-state index contributed by atoms with van der Waals surface area (Å²) < 4.78 is 68.7. The molecule has 0 bridgehead atoms. The van der Waals surface area contributed by atoms with E-state index >= 15 is 0 Å². The van der Waals surface area contributed by atoms with Crippen molar-refractivity contribution in [3.63, 3.8) is 0 Å². The summed E-state index contributed by atoms with van der Waals surface area (Å²) in [5.41, 5.74) is -2.05. The minimum absolute atomic E-state index is 0. The number of Topliss-reactive ketones (excluding diaryl/α,β-unsaturated/α-hetero) is 1. The van der Waals surface area contributed by atoms with E-state index in [1.165, 1.54) is 45.3 Å². The molecule has 4 spiro atoms. The van der Waals surface area contributed by atoms with E-state index in [-0.39, 0.29) is 225 Å². The van der Waals surface area contributed by atoms with Gasteiger partial charge in [-0.1, -0.05) is 37.1 Å². The summed E-state index contributed by atoms with van der Waals surface area (Å²) in [6.07, 6.45) is 2.49. The van der Waals surface area contributed by atoms with Crippen molar-refractivity contribution in [2.45, 2.75) is 287 Å². The Hall–Kier alpha value is -6.37. The summed E-state index contributed by atoms with van der Waals surface area (Å²) in [5.74, 6) is -0.610. The van der Waals surface area contributed by atoms with E-state index in [9.17, 15) is 78.2 Å². The third-order valence-electron chi connectivity index (χ3n) is 20.4. The van der Waals surface area contributed by atoms with Crippen molar-refractivity contribution in [1.82, 2.24) is 65.4 Å². The first kappa shape index (κ1) is 151. The van der Waals surface area contributed by atoms with Crippen molar-refractivity contribution < 1.29 is 170 Å². The summed E-state index contributed by atoms with van der Waals surface area (Å²) >= 11 is 14.9. The molecule has 0 aromatic carbocycles. The van der Waals surface area contributed by atoms with Crippen molar-refractivity contribution in [2.75, 3.05) is 256 Å². The molecule has 857 valence electrons. The fourth-order valence-electron chi connectivity index (χ4n) is 14.0. The van der Waals surface area contributed by atoms with Gasteiger partial charge in [0.25, 0.3) is 0 Å². The Morgan fingerprint density at radius 2 is 0.714 bits per heavy atom. The molecule has 9 amide bonds. The Kier molecular flexibility index (Phi) is 68.6. The molecule has 14 aliphatic rings. The van der Waals surface area contributed by atoms with Gasteiger partial charge in [0, 0.05) is 110 Å². The first-order valence-corrected chi connectivity index (χ1v) is 47.9. The van der Waals surface area contributed by atoms with Crippen LogP contribution in [-0.2, 0) is 80.8 Å². The fourth-order valence-corrected chi connectivity index (χ4v) is 14.1. The molecule has 14 heterocycles. The normalized spacial score (nSPS) is 20.0. The van der Waals surface area contributed by atoms with Crippen LogP contribution in [0.25, 0.3) is 0 Å². The van der Waals surface area contributed by atoms with Gasteiger partial charge in [0.2, 0.25) is 23.6 Å². The molecule has 3 radical (unpaired) electrons. The predicted molar refractivity (Wildman–Crippen MR) is 560 cm³/mol. The zero-order valence-electron chi connectivity index (χ0n) is 89.2. The number of ether oxygens (including phenoxy) is 13. The third kappa shape index (κ3) is 62.0. The van der Waals surface area contributed by atoms with Crippen LogP contribution in [0.5, 0.6) is 0 Å². The average molecular weight is 2210 g/mol. The van der Waals surface area contributed by atoms with Crippen LogP contribution in [0.2, 0.25) is 0 Å². The second kappa shape index (κ2) is 66.7. The summed E-state index contributed by atoms with van der Waals surface area (Å²) in [4.78, 5) is 156. The number of hydrogen-bond acceptors (Lipinski definition) is 36. The van der Waals surface area contributed by atoms with Crippen molar-refractivity contribution in [3.05, 3.63) is 20.2 Å². The molecule has 14 rings (SSSR count). The van der Waals surface area contributed by atoms with Gasteiger partial charge < -0.3 is 145 Å². The molecule has 0 aliphatic carbocycles. The molecule has 0 aromatic rings. The molecular formula is C94H183BCl4N16NaO31. The quantitative estimate of drug-likeness (QED) is 0.0412.